The number of hydrogen-bond acceptors (Lipinski definition) is 4. The monoisotopic (exact) mass is 283 g/mol. The average Bonchev–Trinajstić information content (AvgIpc) is 2.82. The largest absolute Gasteiger partial charge is 0.420 e. The van der Waals surface area contributed by atoms with E-state index in [0.717, 1.165) is 29.9 Å². The minimum absolute atomic E-state index is 0.337. The molecule has 0 bridgehead atoms. The number of aromatic nitrogens is 2. The first kappa shape index (κ1) is 13.4. The summed E-state index contributed by atoms with van der Waals surface area (Å²) in [5.74, 6) is 0.492. The number of oxazole rings is 1. The lowest BCUT2D eigenvalue weighted by atomic mass is 10.2. The lowest BCUT2D eigenvalue weighted by molar-refractivity contribution is 0.517. The molecule has 0 amide bonds. The van der Waals surface area contributed by atoms with Crippen molar-refractivity contribution in [1.82, 2.24) is 9.55 Å². The molecule has 0 saturated heterocycles. The van der Waals surface area contributed by atoms with Gasteiger partial charge < -0.3 is 9.73 Å². The second kappa shape index (κ2) is 5.83. The molecule has 0 atom stereocenters. The highest BCUT2D eigenvalue weighted by atomic mass is 16.4. The number of benzene rings is 1. The highest BCUT2D eigenvalue weighted by Crippen LogP contribution is 2.14. The SMILES string of the molecule is CCCNc1cc(Cn2c(=O)oc3ccccc32)ccn1. The Labute approximate surface area is 122 Å². The lowest BCUT2D eigenvalue weighted by Crippen LogP contribution is -2.15. The van der Waals surface area contributed by atoms with E-state index in [1.807, 2.05) is 30.3 Å². The molecule has 3 aromatic rings. The zero-order valence-electron chi connectivity index (χ0n) is 11.9. The van der Waals surface area contributed by atoms with Crippen molar-refractivity contribution < 1.29 is 4.42 Å². The van der Waals surface area contributed by atoms with Crippen molar-refractivity contribution in [3.63, 3.8) is 0 Å². The van der Waals surface area contributed by atoms with Crippen LogP contribution in [-0.4, -0.2) is 16.1 Å². The number of hydrogen-bond donors (Lipinski definition) is 1. The van der Waals surface area contributed by atoms with Gasteiger partial charge in [0.25, 0.3) is 0 Å². The predicted octanol–water partition coefficient (Wildman–Crippen LogP) is 2.86. The van der Waals surface area contributed by atoms with Gasteiger partial charge in [-0.2, -0.15) is 0 Å². The zero-order chi connectivity index (χ0) is 14.7. The number of nitrogens with one attached hydrogen (secondary N) is 1. The van der Waals surface area contributed by atoms with Crippen LogP contribution in [0.25, 0.3) is 11.1 Å². The molecular weight excluding hydrogens is 266 g/mol. The molecule has 2 aromatic heterocycles. The van der Waals surface area contributed by atoms with Gasteiger partial charge in [0.05, 0.1) is 12.1 Å². The van der Waals surface area contributed by atoms with Gasteiger partial charge in [-0.05, 0) is 36.2 Å². The first-order chi connectivity index (χ1) is 10.3. The van der Waals surface area contributed by atoms with Crippen molar-refractivity contribution in [3.05, 3.63) is 58.7 Å². The molecule has 0 saturated carbocycles. The molecule has 2 heterocycles. The highest BCUT2D eigenvalue weighted by Gasteiger charge is 2.09. The molecule has 5 nitrogen and oxygen atoms in total. The molecule has 0 unspecified atom stereocenters. The van der Waals surface area contributed by atoms with E-state index in [4.69, 9.17) is 4.42 Å². The zero-order valence-corrected chi connectivity index (χ0v) is 11.9. The van der Waals surface area contributed by atoms with Gasteiger partial charge in [0.1, 0.15) is 5.82 Å². The predicted molar refractivity (Wildman–Crippen MR) is 82.6 cm³/mol. The number of fused-ring (bicyclic) bond motifs is 1. The smallest absolute Gasteiger partial charge is 0.408 e. The van der Waals surface area contributed by atoms with Crippen molar-refractivity contribution in [3.8, 4) is 0 Å². The van der Waals surface area contributed by atoms with Crippen LogP contribution in [0, 0.1) is 0 Å². The second-order valence-electron chi connectivity index (χ2n) is 4.90. The van der Waals surface area contributed by atoms with E-state index in [1.54, 1.807) is 16.8 Å². The number of rotatable bonds is 5. The fourth-order valence-corrected chi connectivity index (χ4v) is 2.27. The van der Waals surface area contributed by atoms with Crippen molar-refractivity contribution in [2.75, 3.05) is 11.9 Å². The van der Waals surface area contributed by atoms with Gasteiger partial charge in [0.2, 0.25) is 0 Å². The fourth-order valence-electron chi connectivity index (χ4n) is 2.27. The highest BCUT2D eigenvalue weighted by molar-refractivity contribution is 5.72. The Balaban J connectivity index is 1.92. The van der Waals surface area contributed by atoms with Crippen LogP contribution in [0.15, 0.2) is 51.8 Å². The normalized spacial score (nSPS) is 10.9. The van der Waals surface area contributed by atoms with Crippen LogP contribution in [-0.2, 0) is 6.54 Å². The number of anilines is 1. The third-order valence-corrected chi connectivity index (χ3v) is 3.29. The summed E-state index contributed by atoms with van der Waals surface area (Å²) in [4.78, 5) is 16.2. The maximum atomic E-state index is 12.0. The Kier molecular flexibility index (Phi) is 3.73. The first-order valence-electron chi connectivity index (χ1n) is 7.05. The molecule has 108 valence electrons. The Bertz CT molecular complexity index is 804. The van der Waals surface area contributed by atoms with Crippen molar-refractivity contribution in [2.45, 2.75) is 19.9 Å². The minimum Gasteiger partial charge on any atom is -0.408 e. The summed E-state index contributed by atoms with van der Waals surface area (Å²) >= 11 is 0. The quantitative estimate of drug-likeness (QED) is 0.782. The minimum atomic E-state index is -0.337. The number of nitrogens with zero attached hydrogens (tertiary/aromatic N) is 2. The summed E-state index contributed by atoms with van der Waals surface area (Å²) in [5, 5.41) is 3.24. The van der Waals surface area contributed by atoms with Crippen LogP contribution in [0.2, 0.25) is 0 Å². The van der Waals surface area contributed by atoms with Crippen LogP contribution < -0.4 is 11.1 Å². The molecule has 0 radical (unpaired) electrons. The van der Waals surface area contributed by atoms with Gasteiger partial charge in [-0.3, -0.25) is 4.57 Å². The van der Waals surface area contributed by atoms with Crippen LogP contribution >= 0.6 is 0 Å². The van der Waals surface area contributed by atoms with E-state index >= 15 is 0 Å². The van der Waals surface area contributed by atoms with Crippen molar-refractivity contribution >= 4 is 16.9 Å². The van der Waals surface area contributed by atoms with E-state index in [9.17, 15) is 4.79 Å². The summed E-state index contributed by atoms with van der Waals surface area (Å²) < 4.78 is 6.88. The van der Waals surface area contributed by atoms with E-state index < -0.39 is 0 Å². The molecule has 0 fully saturated rings. The summed E-state index contributed by atoms with van der Waals surface area (Å²) in [6, 6.07) is 11.3. The summed E-state index contributed by atoms with van der Waals surface area (Å²) in [7, 11) is 0. The molecule has 0 aliphatic carbocycles. The van der Waals surface area contributed by atoms with Gasteiger partial charge in [-0.15, -0.1) is 0 Å². The Morgan fingerprint density at radius 2 is 2.14 bits per heavy atom. The van der Waals surface area contributed by atoms with Gasteiger partial charge >= 0.3 is 5.76 Å². The summed E-state index contributed by atoms with van der Waals surface area (Å²) in [6.07, 6.45) is 2.79. The average molecular weight is 283 g/mol. The third-order valence-electron chi connectivity index (χ3n) is 3.29. The Morgan fingerprint density at radius 1 is 1.29 bits per heavy atom. The molecule has 0 aliphatic heterocycles. The van der Waals surface area contributed by atoms with Crippen LogP contribution in [0.4, 0.5) is 5.82 Å². The molecule has 0 spiro atoms. The maximum Gasteiger partial charge on any atom is 0.420 e. The lowest BCUT2D eigenvalue weighted by Gasteiger charge is -2.07. The van der Waals surface area contributed by atoms with E-state index in [1.165, 1.54) is 0 Å². The number of para-hydroxylation sites is 2. The van der Waals surface area contributed by atoms with Crippen LogP contribution in [0.5, 0.6) is 0 Å². The van der Waals surface area contributed by atoms with Crippen LogP contribution in [0.3, 0.4) is 0 Å². The fraction of sp³-hybridized carbons (Fsp3) is 0.250. The van der Waals surface area contributed by atoms with Crippen molar-refractivity contribution in [2.24, 2.45) is 0 Å². The summed E-state index contributed by atoms with van der Waals surface area (Å²) in [5.41, 5.74) is 2.43. The molecule has 5 heteroatoms. The Morgan fingerprint density at radius 3 is 3.00 bits per heavy atom. The van der Waals surface area contributed by atoms with E-state index in [0.29, 0.717) is 12.1 Å². The van der Waals surface area contributed by atoms with E-state index in [2.05, 4.69) is 17.2 Å². The standard InChI is InChI=1S/C16H17N3O2/c1-2-8-17-15-10-12(7-9-18-15)11-19-13-5-3-4-6-14(13)21-16(19)20/h3-7,9-10H,2,8,11H2,1H3,(H,17,18). The van der Waals surface area contributed by atoms with Gasteiger partial charge in [-0.25, -0.2) is 9.78 Å². The van der Waals surface area contributed by atoms with E-state index in [-0.39, 0.29) is 5.76 Å². The molecule has 1 N–H and O–H groups in total. The van der Waals surface area contributed by atoms with Crippen molar-refractivity contribution in [1.29, 1.82) is 0 Å². The molecule has 21 heavy (non-hydrogen) atoms. The Hall–Kier alpha value is -2.56. The van der Waals surface area contributed by atoms with Gasteiger partial charge in [0, 0.05) is 12.7 Å². The number of pyridine rings is 1. The third kappa shape index (κ3) is 2.81. The molecule has 0 aliphatic rings. The molecule has 3 rings (SSSR count). The second-order valence-corrected chi connectivity index (χ2v) is 4.90. The topological polar surface area (TPSA) is 60.1 Å². The molecule has 1 aromatic carbocycles. The van der Waals surface area contributed by atoms with Gasteiger partial charge in [0.15, 0.2) is 5.58 Å². The maximum absolute atomic E-state index is 12.0. The molecular formula is C16H17N3O2. The van der Waals surface area contributed by atoms with Crippen LogP contribution in [0.1, 0.15) is 18.9 Å². The summed E-state index contributed by atoms with van der Waals surface area (Å²) in [6.45, 7) is 3.46. The van der Waals surface area contributed by atoms with Gasteiger partial charge in [-0.1, -0.05) is 19.1 Å². The first-order valence-corrected chi connectivity index (χ1v) is 7.05.